The van der Waals surface area contributed by atoms with Crippen molar-refractivity contribution in [2.45, 2.75) is 25.9 Å². The lowest BCUT2D eigenvalue weighted by Gasteiger charge is -2.38. The Labute approximate surface area is 135 Å². The molecule has 0 radical (unpaired) electrons. The molecule has 0 spiro atoms. The van der Waals surface area contributed by atoms with Crippen LogP contribution >= 0.6 is 23.8 Å². The van der Waals surface area contributed by atoms with Gasteiger partial charge < -0.3 is 5.73 Å². The normalized spacial score (nSPS) is 18.6. The monoisotopic (exact) mass is 329 g/mol. The molecule has 1 saturated heterocycles. The summed E-state index contributed by atoms with van der Waals surface area (Å²) in [5.41, 5.74) is 6.83. The number of rotatable bonds is 5. The lowest BCUT2D eigenvalue weighted by Crippen LogP contribution is -2.53. The summed E-state index contributed by atoms with van der Waals surface area (Å²) in [5.74, 6) is -0.368. The fraction of sp³-hybridized carbons (Fsp3) is 0.533. The average Bonchev–Trinajstić information content (AvgIpc) is 2.45. The quantitative estimate of drug-likeness (QED) is 0.842. The molecule has 116 valence electrons. The van der Waals surface area contributed by atoms with E-state index in [9.17, 15) is 4.39 Å². The molecule has 2 N–H and O–H groups in total. The number of thiocarbonyl (C=S) groups is 1. The third kappa shape index (κ3) is 4.36. The summed E-state index contributed by atoms with van der Waals surface area (Å²) in [6.45, 7) is 6.70. The Morgan fingerprint density at radius 1 is 1.38 bits per heavy atom. The van der Waals surface area contributed by atoms with E-state index in [4.69, 9.17) is 29.6 Å². The molecular weight excluding hydrogens is 309 g/mol. The Hall–Kier alpha value is -0.750. The van der Waals surface area contributed by atoms with Crippen LogP contribution in [0.25, 0.3) is 0 Å². The topological polar surface area (TPSA) is 32.5 Å². The van der Waals surface area contributed by atoms with E-state index in [0.29, 0.717) is 4.99 Å². The Balaban J connectivity index is 1.89. The molecule has 1 fully saturated rings. The van der Waals surface area contributed by atoms with Crippen molar-refractivity contribution in [2.24, 2.45) is 5.73 Å². The van der Waals surface area contributed by atoms with Crippen molar-refractivity contribution in [1.29, 1.82) is 0 Å². The van der Waals surface area contributed by atoms with Gasteiger partial charge in [0.05, 0.1) is 16.1 Å². The third-order valence-corrected chi connectivity index (χ3v) is 4.51. The SMILES string of the molecule is CCC(C(N)=S)N1CCN(Cc2ccc(F)c(Cl)c2)CC1. The van der Waals surface area contributed by atoms with Crippen LogP contribution < -0.4 is 5.73 Å². The zero-order valence-electron chi connectivity index (χ0n) is 12.2. The predicted molar refractivity (Wildman–Crippen MR) is 89.1 cm³/mol. The van der Waals surface area contributed by atoms with E-state index in [2.05, 4.69) is 16.7 Å². The second-order valence-corrected chi connectivity index (χ2v) is 6.27. The second kappa shape index (κ2) is 7.49. The molecule has 0 saturated carbocycles. The molecule has 1 aromatic rings. The Morgan fingerprint density at radius 3 is 2.57 bits per heavy atom. The first kappa shape index (κ1) is 16.6. The van der Waals surface area contributed by atoms with Crippen LogP contribution in [0.1, 0.15) is 18.9 Å². The van der Waals surface area contributed by atoms with Crippen LogP contribution in [0.4, 0.5) is 4.39 Å². The number of hydrogen-bond acceptors (Lipinski definition) is 3. The highest BCUT2D eigenvalue weighted by molar-refractivity contribution is 7.80. The maximum absolute atomic E-state index is 13.2. The molecule has 0 aromatic heterocycles. The van der Waals surface area contributed by atoms with Crippen molar-refractivity contribution >= 4 is 28.8 Å². The number of piperazine rings is 1. The lowest BCUT2D eigenvalue weighted by molar-refractivity contribution is 0.112. The minimum atomic E-state index is -0.368. The van der Waals surface area contributed by atoms with Crippen molar-refractivity contribution in [3.8, 4) is 0 Å². The van der Waals surface area contributed by atoms with Gasteiger partial charge in [0.15, 0.2) is 0 Å². The minimum absolute atomic E-state index is 0.186. The van der Waals surface area contributed by atoms with Crippen molar-refractivity contribution in [3.05, 3.63) is 34.6 Å². The molecule has 1 atom stereocenters. The van der Waals surface area contributed by atoms with Gasteiger partial charge in [-0.25, -0.2) is 4.39 Å². The summed E-state index contributed by atoms with van der Waals surface area (Å²) in [5, 5.41) is 0.186. The number of hydrogen-bond donors (Lipinski definition) is 1. The van der Waals surface area contributed by atoms with E-state index in [-0.39, 0.29) is 16.9 Å². The molecule has 1 unspecified atom stereocenters. The lowest BCUT2D eigenvalue weighted by atomic mass is 10.1. The highest BCUT2D eigenvalue weighted by atomic mass is 35.5. The summed E-state index contributed by atoms with van der Waals surface area (Å²) in [4.78, 5) is 5.26. The van der Waals surface area contributed by atoms with Crippen LogP contribution in [0.5, 0.6) is 0 Å². The first-order valence-corrected chi connectivity index (χ1v) is 7.99. The number of nitrogens with two attached hydrogens (primary N) is 1. The van der Waals surface area contributed by atoms with E-state index < -0.39 is 0 Å². The number of halogens is 2. The average molecular weight is 330 g/mol. The van der Waals surface area contributed by atoms with Gasteiger partial charge in [0.1, 0.15) is 5.82 Å². The van der Waals surface area contributed by atoms with E-state index in [1.807, 2.05) is 0 Å². The van der Waals surface area contributed by atoms with Crippen molar-refractivity contribution < 1.29 is 4.39 Å². The zero-order chi connectivity index (χ0) is 15.4. The second-order valence-electron chi connectivity index (χ2n) is 5.39. The molecule has 3 nitrogen and oxygen atoms in total. The summed E-state index contributed by atoms with van der Waals surface area (Å²) in [6.07, 6.45) is 0.947. The van der Waals surface area contributed by atoms with E-state index in [1.54, 1.807) is 12.1 Å². The first-order chi connectivity index (χ1) is 10.0. The van der Waals surface area contributed by atoms with Crippen LogP contribution in [0.2, 0.25) is 5.02 Å². The zero-order valence-corrected chi connectivity index (χ0v) is 13.8. The van der Waals surface area contributed by atoms with Gasteiger partial charge in [0.2, 0.25) is 0 Å². The van der Waals surface area contributed by atoms with Crippen LogP contribution in [0.15, 0.2) is 18.2 Å². The fourth-order valence-electron chi connectivity index (χ4n) is 2.77. The van der Waals surface area contributed by atoms with E-state index >= 15 is 0 Å². The molecule has 0 amide bonds. The molecule has 2 rings (SSSR count). The minimum Gasteiger partial charge on any atom is -0.392 e. The van der Waals surface area contributed by atoms with E-state index in [1.165, 1.54) is 6.07 Å². The highest BCUT2D eigenvalue weighted by Crippen LogP contribution is 2.18. The summed E-state index contributed by atoms with van der Waals surface area (Å²) < 4.78 is 13.2. The van der Waals surface area contributed by atoms with Crippen molar-refractivity contribution in [3.63, 3.8) is 0 Å². The molecule has 0 aliphatic carbocycles. The fourth-order valence-corrected chi connectivity index (χ4v) is 3.29. The molecule has 0 bridgehead atoms. The molecule has 1 aliphatic rings. The van der Waals surface area contributed by atoms with Gasteiger partial charge in [-0.15, -0.1) is 0 Å². The van der Waals surface area contributed by atoms with Gasteiger partial charge in [-0.1, -0.05) is 36.8 Å². The van der Waals surface area contributed by atoms with Crippen molar-refractivity contribution in [1.82, 2.24) is 9.80 Å². The molecule has 21 heavy (non-hydrogen) atoms. The number of nitrogens with zero attached hydrogens (tertiary/aromatic N) is 2. The maximum atomic E-state index is 13.2. The smallest absolute Gasteiger partial charge is 0.141 e. The molecular formula is C15H21ClFN3S. The summed E-state index contributed by atoms with van der Waals surface area (Å²) >= 11 is 11.0. The molecule has 6 heteroatoms. The van der Waals surface area contributed by atoms with Crippen LogP contribution in [-0.2, 0) is 6.54 Å². The molecule has 1 aliphatic heterocycles. The van der Waals surface area contributed by atoms with Gasteiger partial charge in [-0.2, -0.15) is 0 Å². The third-order valence-electron chi connectivity index (χ3n) is 3.95. The van der Waals surface area contributed by atoms with Crippen LogP contribution in [0, 0.1) is 5.82 Å². The standard InChI is InChI=1S/C15H21ClFN3S/c1-2-14(15(18)21)20-7-5-19(6-8-20)10-11-3-4-13(17)12(16)9-11/h3-4,9,14H,2,5-8,10H2,1H3,(H2,18,21). The van der Waals surface area contributed by atoms with Crippen molar-refractivity contribution in [2.75, 3.05) is 26.2 Å². The predicted octanol–water partition coefficient (Wildman–Crippen LogP) is 2.66. The van der Waals surface area contributed by atoms with Gasteiger partial charge in [-0.05, 0) is 24.1 Å². The van der Waals surface area contributed by atoms with Crippen LogP contribution in [0.3, 0.4) is 0 Å². The summed E-state index contributed by atoms with van der Waals surface area (Å²) in [7, 11) is 0. The molecule has 1 aromatic carbocycles. The van der Waals surface area contributed by atoms with Gasteiger partial charge in [0.25, 0.3) is 0 Å². The molecule has 1 heterocycles. The van der Waals surface area contributed by atoms with Gasteiger partial charge >= 0.3 is 0 Å². The van der Waals surface area contributed by atoms with Gasteiger partial charge in [0, 0.05) is 32.7 Å². The maximum Gasteiger partial charge on any atom is 0.141 e. The number of benzene rings is 1. The van der Waals surface area contributed by atoms with Gasteiger partial charge in [-0.3, -0.25) is 9.80 Å². The Kier molecular flexibility index (Phi) is 5.93. The highest BCUT2D eigenvalue weighted by Gasteiger charge is 2.24. The van der Waals surface area contributed by atoms with E-state index in [0.717, 1.165) is 44.7 Å². The van der Waals surface area contributed by atoms with Crippen LogP contribution in [-0.4, -0.2) is 47.0 Å². The summed E-state index contributed by atoms with van der Waals surface area (Å²) in [6, 6.07) is 5.11. The largest absolute Gasteiger partial charge is 0.392 e. The first-order valence-electron chi connectivity index (χ1n) is 7.21. The Morgan fingerprint density at radius 2 is 2.05 bits per heavy atom. The Bertz CT molecular complexity index is 504.